The number of ether oxygens (including phenoxy) is 1. The lowest BCUT2D eigenvalue weighted by Crippen LogP contribution is -2.02. The molecule has 0 radical (unpaired) electrons. The van der Waals surface area contributed by atoms with Gasteiger partial charge in [0, 0.05) is 5.56 Å². The molecule has 19 heavy (non-hydrogen) atoms. The monoisotopic (exact) mass is 278 g/mol. The van der Waals surface area contributed by atoms with E-state index in [-0.39, 0.29) is 11.7 Å². The fourth-order valence-corrected chi connectivity index (χ4v) is 2.03. The highest BCUT2D eigenvalue weighted by Gasteiger charge is 2.11. The van der Waals surface area contributed by atoms with Crippen LogP contribution in [0.25, 0.3) is 11.5 Å². The molecule has 1 aromatic heterocycles. The first-order valence-electron chi connectivity index (χ1n) is 5.71. The van der Waals surface area contributed by atoms with E-state index in [4.69, 9.17) is 4.42 Å². The second kappa shape index (κ2) is 5.88. The maximum absolute atomic E-state index is 11.0. The van der Waals surface area contributed by atoms with Gasteiger partial charge in [0.05, 0.1) is 7.11 Å². The smallest absolute Gasteiger partial charge is 0.316 e. The molecule has 0 aliphatic rings. The summed E-state index contributed by atoms with van der Waals surface area (Å²) in [6, 6.07) is 5.94. The zero-order valence-corrected chi connectivity index (χ0v) is 11.8. The lowest BCUT2D eigenvalue weighted by atomic mass is 10.1. The van der Waals surface area contributed by atoms with Crippen molar-refractivity contribution in [2.45, 2.75) is 19.1 Å². The molecule has 0 saturated heterocycles. The zero-order valence-electron chi connectivity index (χ0n) is 11.0. The number of carbonyl (C=O) groups excluding carboxylic acids is 1. The van der Waals surface area contributed by atoms with Gasteiger partial charge in [-0.2, -0.15) is 0 Å². The predicted molar refractivity (Wildman–Crippen MR) is 71.9 cm³/mol. The highest BCUT2D eigenvalue weighted by molar-refractivity contribution is 7.99. The molecule has 0 atom stereocenters. The number of aryl methyl sites for hydroxylation is 2. The van der Waals surface area contributed by atoms with Gasteiger partial charge in [-0.15, -0.1) is 10.2 Å². The van der Waals surface area contributed by atoms with Crippen molar-refractivity contribution in [2.24, 2.45) is 0 Å². The van der Waals surface area contributed by atoms with Crippen molar-refractivity contribution in [3.63, 3.8) is 0 Å². The van der Waals surface area contributed by atoms with Crippen molar-refractivity contribution in [3.8, 4) is 11.5 Å². The number of esters is 1. The van der Waals surface area contributed by atoms with Gasteiger partial charge in [0.1, 0.15) is 5.75 Å². The molecule has 1 aromatic carbocycles. The number of benzene rings is 1. The third kappa shape index (κ3) is 3.35. The van der Waals surface area contributed by atoms with Gasteiger partial charge in [0.25, 0.3) is 5.22 Å². The lowest BCUT2D eigenvalue weighted by Gasteiger charge is -2.00. The first kappa shape index (κ1) is 13.6. The molecule has 0 amide bonds. The minimum atomic E-state index is -0.323. The van der Waals surface area contributed by atoms with Gasteiger partial charge in [0.2, 0.25) is 5.89 Å². The molecule has 0 N–H and O–H groups in total. The van der Waals surface area contributed by atoms with Crippen LogP contribution >= 0.6 is 11.8 Å². The summed E-state index contributed by atoms with van der Waals surface area (Å²) in [5.74, 6) is 0.289. The molecule has 1 heterocycles. The molecular weight excluding hydrogens is 264 g/mol. The first-order valence-corrected chi connectivity index (χ1v) is 6.69. The number of hydrogen-bond acceptors (Lipinski definition) is 6. The average Bonchev–Trinajstić information content (AvgIpc) is 2.88. The number of aromatic nitrogens is 2. The van der Waals surface area contributed by atoms with Crippen LogP contribution < -0.4 is 0 Å². The zero-order chi connectivity index (χ0) is 13.8. The SMILES string of the molecule is COC(=O)CSc1nnc(-c2ccc(C)c(C)c2)o1. The van der Waals surface area contributed by atoms with Crippen LogP contribution in [0.1, 0.15) is 11.1 Å². The second-order valence-corrected chi connectivity index (χ2v) is 4.96. The summed E-state index contributed by atoms with van der Waals surface area (Å²) in [6.07, 6.45) is 0. The van der Waals surface area contributed by atoms with Crippen LogP contribution in [-0.2, 0) is 9.53 Å². The Labute approximate surface area is 115 Å². The quantitative estimate of drug-likeness (QED) is 0.632. The van der Waals surface area contributed by atoms with Gasteiger partial charge < -0.3 is 9.15 Å². The molecule has 0 aliphatic carbocycles. The van der Waals surface area contributed by atoms with Crippen molar-refractivity contribution in [2.75, 3.05) is 12.9 Å². The molecule has 0 aliphatic heterocycles. The normalized spacial score (nSPS) is 10.5. The summed E-state index contributed by atoms with van der Waals surface area (Å²) >= 11 is 1.16. The van der Waals surface area contributed by atoms with Crippen LogP contribution in [0.4, 0.5) is 0 Å². The summed E-state index contributed by atoms with van der Waals surface area (Å²) in [7, 11) is 1.34. The standard InChI is InChI=1S/C13H14N2O3S/c1-8-4-5-10(6-9(8)2)12-14-15-13(18-12)19-7-11(16)17-3/h4-6H,7H2,1-3H3. The Kier molecular flexibility index (Phi) is 4.21. The van der Waals surface area contributed by atoms with E-state index in [1.807, 2.05) is 32.0 Å². The molecule has 2 aromatic rings. The number of methoxy groups -OCH3 is 1. The van der Waals surface area contributed by atoms with Crippen LogP contribution in [0.2, 0.25) is 0 Å². The van der Waals surface area contributed by atoms with E-state index in [2.05, 4.69) is 14.9 Å². The van der Waals surface area contributed by atoms with Crippen LogP contribution in [-0.4, -0.2) is 29.0 Å². The van der Waals surface area contributed by atoms with E-state index in [1.54, 1.807) is 0 Å². The van der Waals surface area contributed by atoms with Gasteiger partial charge in [-0.1, -0.05) is 17.8 Å². The second-order valence-electron chi connectivity index (χ2n) is 4.04. The van der Waals surface area contributed by atoms with E-state index in [1.165, 1.54) is 18.2 Å². The topological polar surface area (TPSA) is 65.2 Å². The summed E-state index contributed by atoms with van der Waals surface area (Å²) in [6.45, 7) is 4.08. The predicted octanol–water partition coefficient (Wildman–Crippen LogP) is 2.62. The van der Waals surface area contributed by atoms with Crippen LogP contribution in [0.15, 0.2) is 27.8 Å². The summed E-state index contributed by atoms with van der Waals surface area (Å²) < 4.78 is 10.0. The minimum Gasteiger partial charge on any atom is -0.468 e. The Hall–Kier alpha value is -1.82. The Morgan fingerprint density at radius 1 is 1.32 bits per heavy atom. The van der Waals surface area contributed by atoms with Crippen molar-refractivity contribution in [1.29, 1.82) is 0 Å². The maximum atomic E-state index is 11.0. The van der Waals surface area contributed by atoms with E-state index in [0.717, 1.165) is 17.3 Å². The van der Waals surface area contributed by atoms with Crippen molar-refractivity contribution in [1.82, 2.24) is 10.2 Å². The van der Waals surface area contributed by atoms with Crippen LogP contribution in [0.5, 0.6) is 0 Å². The number of carbonyl (C=O) groups is 1. The molecule has 0 bridgehead atoms. The van der Waals surface area contributed by atoms with Gasteiger partial charge in [-0.25, -0.2) is 0 Å². The van der Waals surface area contributed by atoms with Crippen molar-refractivity contribution >= 4 is 17.7 Å². The molecule has 100 valence electrons. The van der Waals surface area contributed by atoms with Crippen LogP contribution in [0.3, 0.4) is 0 Å². The van der Waals surface area contributed by atoms with Gasteiger partial charge in [-0.3, -0.25) is 4.79 Å². The largest absolute Gasteiger partial charge is 0.468 e. The Morgan fingerprint density at radius 3 is 2.79 bits per heavy atom. The molecule has 0 unspecified atom stereocenters. The number of thioether (sulfide) groups is 1. The Balaban J connectivity index is 2.12. The molecule has 5 nitrogen and oxygen atoms in total. The molecular formula is C13H14N2O3S. The van der Waals surface area contributed by atoms with Crippen molar-refractivity contribution < 1.29 is 13.9 Å². The fourth-order valence-electron chi connectivity index (χ4n) is 1.44. The van der Waals surface area contributed by atoms with Gasteiger partial charge in [0.15, 0.2) is 0 Å². The average molecular weight is 278 g/mol. The Bertz CT molecular complexity index is 595. The van der Waals surface area contributed by atoms with E-state index >= 15 is 0 Å². The molecule has 2 rings (SSSR count). The van der Waals surface area contributed by atoms with E-state index in [9.17, 15) is 4.79 Å². The fraction of sp³-hybridized carbons (Fsp3) is 0.308. The Morgan fingerprint density at radius 2 is 2.11 bits per heavy atom. The third-order valence-electron chi connectivity index (χ3n) is 2.70. The van der Waals surface area contributed by atoms with E-state index < -0.39 is 0 Å². The highest BCUT2D eigenvalue weighted by Crippen LogP contribution is 2.24. The first-order chi connectivity index (χ1) is 9.10. The lowest BCUT2D eigenvalue weighted by molar-refractivity contribution is -0.137. The minimum absolute atomic E-state index is 0.158. The highest BCUT2D eigenvalue weighted by atomic mass is 32.2. The summed E-state index contributed by atoms with van der Waals surface area (Å²) in [4.78, 5) is 11.0. The number of hydrogen-bond donors (Lipinski definition) is 0. The van der Waals surface area contributed by atoms with Gasteiger partial charge in [-0.05, 0) is 37.1 Å². The van der Waals surface area contributed by atoms with Gasteiger partial charge >= 0.3 is 5.97 Å². The third-order valence-corrected chi connectivity index (χ3v) is 3.49. The van der Waals surface area contributed by atoms with Crippen molar-refractivity contribution in [3.05, 3.63) is 29.3 Å². The van der Waals surface area contributed by atoms with E-state index in [0.29, 0.717) is 11.1 Å². The molecule has 0 fully saturated rings. The summed E-state index contributed by atoms with van der Waals surface area (Å²) in [5.41, 5.74) is 3.25. The molecule has 6 heteroatoms. The van der Waals surface area contributed by atoms with Crippen LogP contribution in [0, 0.1) is 13.8 Å². The number of nitrogens with zero attached hydrogens (tertiary/aromatic N) is 2. The maximum Gasteiger partial charge on any atom is 0.316 e. The molecule has 0 spiro atoms. The summed E-state index contributed by atoms with van der Waals surface area (Å²) in [5, 5.41) is 8.22. The molecule has 0 saturated carbocycles. The number of rotatable bonds is 4.